The molecule has 1 radical (unpaired) electrons. The Balaban J connectivity index is -0.0000000221. The summed E-state index contributed by atoms with van der Waals surface area (Å²) in [6.07, 6.45) is 0. The Bertz CT molecular complexity index is 49.0. The van der Waals surface area contributed by atoms with Gasteiger partial charge in [0.05, 0.1) is 0 Å². The molecule has 0 atom stereocenters. The first-order valence-corrected chi connectivity index (χ1v) is 1.93. The van der Waals surface area contributed by atoms with E-state index in [-0.39, 0.29) is 29.6 Å². The van der Waals surface area contributed by atoms with Crippen molar-refractivity contribution in [2.75, 3.05) is 0 Å². The molecular weight excluding hydrogens is 127 g/mol. The van der Waals surface area contributed by atoms with Gasteiger partial charge in [0.25, 0.3) is 5.97 Å². The van der Waals surface area contributed by atoms with Crippen LogP contribution in [0.25, 0.3) is 0 Å². The van der Waals surface area contributed by atoms with Gasteiger partial charge in [-0.1, -0.05) is 0 Å². The third-order valence-electron chi connectivity index (χ3n) is 0. The molecule has 0 spiro atoms. The third kappa shape index (κ3) is 113000. The largest absolute Gasteiger partial charge is 0.481 e. The van der Waals surface area contributed by atoms with Crippen molar-refractivity contribution < 1.29 is 9.90 Å². The fraction of sp³-hybridized carbons (Fsp3) is 0.167. The van der Waals surface area contributed by atoms with Gasteiger partial charge in [0.15, 0.2) is 0 Å². The summed E-state index contributed by atoms with van der Waals surface area (Å²) in [4.78, 5) is 9.00. The molecule has 0 heterocycles. The van der Waals surface area contributed by atoms with Crippen molar-refractivity contribution in [1.82, 2.24) is 0 Å². The fourth-order valence-corrected chi connectivity index (χ4v) is 0. The van der Waals surface area contributed by atoms with E-state index in [2.05, 4.69) is 26.3 Å². The number of carboxylic acids is 1. The molecular formula is C6H12NaO2. The van der Waals surface area contributed by atoms with E-state index in [1.165, 1.54) is 0 Å². The van der Waals surface area contributed by atoms with Gasteiger partial charge in [-0.2, -0.15) is 0 Å². The molecule has 0 aliphatic rings. The molecule has 9 heavy (non-hydrogen) atoms. The zero-order chi connectivity index (χ0) is 7.58. The van der Waals surface area contributed by atoms with Crippen LogP contribution in [0, 0.1) is 0 Å². The van der Waals surface area contributed by atoms with Crippen LogP contribution in [0.5, 0.6) is 0 Å². The van der Waals surface area contributed by atoms with Crippen LogP contribution < -0.4 is 0 Å². The van der Waals surface area contributed by atoms with E-state index in [4.69, 9.17) is 9.90 Å². The average Bonchev–Trinajstić information content (AvgIpc) is 1.75. The molecule has 0 aromatic rings. The summed E-state index contributed by atoms with van der Waals surface area (Å²) < 4.78 is 0. The minimum absolute atomic E-state index is 0. The first-order chi connectivity index (χ1) is 3.73. The third-order valence-corrected chi connectivity index (χ3v) is 0. The molecule has 2 nitrogen and oxygen atoms in total. The van der Waals surface area contributed by atoms with Gasteiger partial charge in [-0.05, 0) is 0 Å². The summed E-state index contributed by atoms with van der Waals surface area (Å²) in [6, 6.07) is 0. The van der Waals surface area contributed by atoms with Crippen molar-refractivity contribution in [3.8, 4) is 0 Å². The summed E-state index contributed by atoms with van der Waals surface area (Å²) in [5, 5.41) is 7.42. The van der Waals surface area contributed by atoms with Crippen LogP contribution in [-0.2, 0) is 4.79 Å². The molecule has 0 fully saturated rings. The maximum Gasteiger partial charge on any atom is 0.300 e. The molecule has 0 aliphatic heterocycles. The van der Waals surface area contributed by atoms with E-state index in [9.17, 15) is 0 Å². The van der Waals surface area contributed by atoms with Gasteiger partial charge < -0.3 is 5.11 Å². The summed E-state index contributed by atoms with van der Waals surface area (Å²) in [6.45, 7) is 13.1. The number of hydrogen-bond acceptors (Lipinski definition) is 1. The van der Waals surface area contributed by atoms with E-state index >= 15 is 0 Å². The van der Waals surface area contributed by atoms with Gasteiger partial charge in [0.2, 0.25) is 0 Å². The Labute approximate surface area is 78.6 Å². The summed E-state index contributed by atoms with van der Waals surface area (Å²) in [5.41, 5.74) is 0. The molecule has 0 unspecified atom stereocenters. The average molecular weight is 139 g/mol. The maximum atomic E-state index is 9.00. The number of hydrogen-bond donors (Lipinski definition) is 1. The van der Waals surface area contributed by atoms with Gasteiger partial charge in [0, 0.05) is 36.5 Å². The molecule has 0 rings (SSSR count). The Morgan fingerprint density at radius 2 is 1.22 bits per heavy atom. The number of carboxylic acid groups (broad SMARTS) is 1. The predicted octanol–water partition coefficient (Wildman–Crippen LogP) is 1.31. The Morgan fingerprint density at radius 3 is 1.22 bits per heavy atom. The van der Waals surface area contributed by atoms with Crippen LogP contribution in [0.2, 0.25) is 0 Å². The molecule has 3 heteroatoms. The van der Waals surface area contributed by atoms with Crippen molar-refractivity contribution >= 4 is 35.5 Å². The molecule has 49 valence electrons. The monoisotopic (exact) mass is 139 g/mol. The maximum absolute atomic E-state index is 9.00. The van der Waals surface area contributed by atoms with Gasteiger partial charge in [-0.3, -0.25) is 4.79 Å². The van der Waals surface area contributed by atoms with Crippen molar-refractivity contribution in [1.29, 1.82) is 0 Å². The van der Waals surface area contributed by atoms with Crippen LogP contribution in [0.15, 0.2) is 26.3 Å². The molecule has 0 saturated carbocycles. The second-order valence-corrected chi connectivity index (χ2v) is 0.519. The van der Waals surface area contributed by atoms with E-state index < -0.39 is 5.97 Å². The van der Waals surface area contributed by atoms with E-state index in [1.54, 1.807) is 0 Å². The normalized spacial score (nSPS) is 3.67. The molecule has 0 amide bonds. The second kappa shape index (κ2) is 44.1. The van der Waals surface area contributed by atoms with E-state index in [1.807, 2.05) is 0 Å². The molecule has 1 N–H and O–H groups in total. The molecule has 0 aliphatic carbocycles. The Hall–Kier alpha value is -0.0500. The molecule has 0 saturated heterocycles. The van der Waals surface area contributed by atoms with Crippen molar-refractivity contribution in [2.45, 2.75) is 6.92 Å². The standard InChI is InChI=1S/C2H4O2.2C2H4.Na/c1-2(3)4;2*1-2;/h1H3,(H,3,4);2*1-2H2;. The zero-order valence-electron chi connectivity index (χ0n) is 6.18. The minimum Gasteiger partial charge on any atom is -0.481 e. The molecule has 0 aromatic heterocycles. The smallest absolute Gasteiger partial charge is 0.300 e. The van der Waals surface area contributed by atoms with Crippen LogP contribution in [0.4, 0.5) is 0 Å². The summed E-state index contributed by atoms with van der Waals surface area (Å²) in [7, 11) is 0. The molecule has 0 bridgehead atoms. The van der Waals surface area contributed by atoms with Crippen molar-refractivity contribution in [2.24, 2.45) is 0 Å². The minimum atomic E-state index is -0.833. The van der Waals surface area contributed by atoms with Crippen LogP contribution in [0.3, 0.4) is 0 Å². The van der Waals surface area contributed by atoms with Crippen LogP contribution >= 0.6 is 0 Å². The quantitative estimate of drug-likeness (QED) is 0.406. The van der Waals surface area contributed by atoms with Crippen molar-refractivity contribution in [3.05, 3.63) is 26.3 Å². The Morgan fingerprint density at radius 1 is 1.22 bits per heavy atom. The summed E-state index contributed by atoms with van der Waals surface area (Å²) >= 11 is 0. The Kier molecular flexibility index (Phi) is 113. The molecule has 0 aromatic carbocycles. The SMILES string of the molecule is C=C.C=C.CC(=O)O.[Na]. The van der Waals surface area contributed by atoms with Gasteiger partial charge >= 0.3 is 0 Å². The van der Waals surface area contributed by atoms with Gasteiger partial charge in [0.1, 0.15) is 0 Å². The van der Waals surface area contributed by atoms with Crippen LogP contribution in [-0.4, -0.2) is 40.6 Å². The fourth-order valence-electron chi connectivity index (χ4n) is 0. The first-order valence-electron chi connectivity index (χ1n) is 1.93. The van der Waals surface area contributed by atoms with E-state index in [0.717, 1.165) is 6.92 Å². The summed E-state index contributed by atoms with van der Waals surface area (Å²) in [5.74, 6) is -0.833. The van der Waals surface area contributed by atoms with E-state index in [0.29, 0.717) is 0 Å². The zero-order valence-corrected chi connectivity index (χ0v) is 8.18. The predicted molar refractivity (Wildman–Crippen MR) is 41.6 cm³/mol. The van der Waals surface area contributed by atoms with Gasteiger partial charge in [-0.25, -0.2) is 0 Å². The topological polar surface area (TPSA) is 37.3 Å². The van der Waals surface area contributed by atoms with Crippen LogP contribution in [0.1, 0.15) is 6.92 Å². The first kappa shape index (κ1) is 23.1. The number of aliphatic carboxylic acids is 1. The number of rotatable bonds is 0. The van der Waals surface area contributed by atoms with Gasteiger partial charge in [-0.15, -0.1) is 26.3 Å². The van der Waals surface area contributed by atoms with Crippen molar-refractivity contribution in [3.63, 3.8) is 0 Å². The second-order valence-electron chi connectivity index (χ2n) is 0.519. The number of carbonyl (C=O) groups is 1.